The Hall–Kier alpha value is -3.46. The number of allylic oxidation sites excluding steroid dienone is 1. The van der Waals surface area contributed by atoms with Gasteiger partial charge in [-0.15, -0.1) is 0 Å². The Balaban J connectivity index is 1.51. The molecule has 0 spiro atoms. The molecule has 1 aliphatic rings. The van der Waals surface area contributed by atoms with E-state index in [1.807, 2.05) is 42.5 Å². The normalized spacial score (nSPS) is 17.3. The molecular weight excluding hydrogens is 368 g/mol. The molecule has 1 fully saturated rings. The van der Waals surface area contributed by atoms with Gasteiger partial charge in [0, 0.05) is 11.6 Å². The van der Waals surface area contributed by atoms with Crippen molar-refractivity contribution in [2.45, 2.75) is 25.7 Å². The van der Waals surface area contributed by atoms with Gasteiger partial charge in [-0.3, -0.25) is 4.79 Å². The standard InChI is InChI=1S/C27H26N2O/c1-20-9-6-14-23(17-20)27(24-15-7-10-21(2)18-24)19-25(27)26(30)29-28-16-8-13-22-11-4-3-5-12-22/h3-18,25H,19H2,1-2H3,(H,29,30)/b13-8-,28-16?/t25-/m1/s1. The minimum Gasteiger partial charge on any atom is -0.273 e. The minimum absolute atomic E-state index is 0.0395. The smallest absolute Gasteiger partial charge is 0.244 e. The van der Waals surface area contributed by atoms with E-state index in [0.717, 1.165) is 12.0 Å². The maximum absolute atomic E-state index is 12.9. The molecule has 1 saturated carbocycles. The van der Waals surface area contributed by atoms with E-state index in [-0.39, 0.29) is 17.2 Å². The number of carbonyl (C=O) groups is 1. The molecule has 0 saturated heterocycles. The lowest BCUT2D eigenvalue weighted by atomic mass is 9.84. The second-order valence-electron chi connectivity index (χ2n) is 7.99. The molecule has 150 valence electrons. The van der Waals surface area contributed by atoms with Gasteiger partial charge in [-0.25, -0.2) is 5.43 Å². The molecule has 0 heterocycles. The van der Waals surface area contributed by atoms with Crippen molar-refractivity contribution in [1.29, 1.82) is 0 Å². The van der Waals surface area contributed by atoms with Crippen LogP contribution in [0.4, 0.5) is 0 Å². The molecule has 3 heteroatoms. The summed E-state index contributed by atoms with van der Waals surface area (Å²) in [5.41, 5.74) is 8.34. The minimum atomic E-state index is -0.280. The Bertz CT molecular complexity index is 1050. The van der Waals surface area contributed by atoms with Crippen LogP contribution in [0.2, 0.25) is 0 Å². The molecule has 0 bridgehead atoms. The summed E-state index contributed by atoms with van der Waals surface area (Å²) in [6, 6.07) is 27.0. The molecular formula is C27H26N2O. The van der Waals surface area contributed by atoms with E-state index in [2.05, 4.69) is 72.9 Å². The number of aryl methyl sites for hydroxylation is 2. The van der Waals surface area contributed by atoms with Gasteiger partial charge in [0.2, 0.25) is 5.91 Å². The highest BCUT2D eigenvalue weighted by molar-refractivity contribution is 5.87. The summed E-state index contributed by atoms with van der Waals surface area (Å²) in [6.45, 7) is 4.18. The van der Waals surface area contributed by atoms with Gasteiger partial charge in [-0.1, -0.05) is 96.1 Å². The summed E-state index contributed by atoms with van der Waals surface area (Å²) < 4.78 is 0. The molecule has 1 atom stereocenters. The average Bonchev–Trinajstić information content (AvgIpc) is 3.51. The van der Waals surface area contributed by atoms with Crippen LogP contribution in [0.3, 0.4) is 0 Å². The first kappa shape index (κ1) is 19.8. The van der Waals surface area contributed by atoms with Gasteiger partial charge in [-0.2, -0.15) is 5.10 Å². The zero-order valence-electron chi connectivity index (χ0n) is 17.4. The maximum atomic E-state index is 12.9. The van der Waals surface area contributed by atoms with E-state index in [1.165, 1.54) is 22.3 Å². The van der Waals surface area contributed by atoms with Crippen molar-refractivity contribution in [1.82, 2.24) is 5.43 Å². The summed E-state index contributed by atoms with van der Waals surface area (Å²) in [7, 11) is 0. The summed E-state index contributed by atoms with van der Waals surface area (Å²) in [6.07, 6.45) is 6.20. The number of nitrogens with zero attached hydrogens (tertiary/aromatic N) is 1. The van der Waals surface area contributed by atoms with Crippen molar-refractivity contribution in [3.63, 3.8) is 0 Å². The van der Waals surface area contributed by atoms with Crippen LogP contribution in [0.25, 0.3) is 6.08 Å². The third-order valence-corrected chi connectivity index (χ3v) is 5.77. The summed E-state index contributed by atoms with van der Waals surface area (Å²) in [5, 5.41) is 4.12. The Morgan fingerprint density at radius 2 is 1.57 bits per heavy atom. The van der Waals surface area contributed by atoms with Crippen molar-refractivity contribution in [3.8, 4) is 0 Å². The van der Waals surface area contributed by atoms with E-state index >= 15 is 0 Å². The average molecular weight is 395 g/mol. The van der Waals surface area contributed by atoms with Crippen LogP contribution in [0.15, 0.2) is 90.0 Å². The first-order valence-electron chi connectivity index (χ1n) is 10.3. The number of benzene rings is 3. The van der Waals surface area contributed by atoms with Gasteiger partial charge in [-0.05, 0) is 43.0 Å². The van der Waals surface area contributed by atoms with Gasteiger partial charge in [0.15, 0.2) is 0 Å². The van der Waals surface area contributed by atoms with Crippen LogP contribution in [0, 0.1) is 19.8 Å². The third kappa shape index (κ3) is 4.11. The second kappa shape index (κ2) is 8.50. The molecule has 3 aromatic carbocycles. The van der Waals surface area contributed by atoms with Crippen LogP contribution in [-0.4, -0.2) is 12.1 Å². The van der Waals surface area contributed by atoms with Crippen molar-refractivity contribution >= 4 is 18.2 Å². The van der Waals surface area contributed by atoms with Crippen LogP contribution in [0.1, 0.15) is 34.2 Å². The molecule has 3 aromatic rings. The fraction of sp³-hybridized carbons (Fsp3) is 0.185. The SMILES string of the molecule is Cc1cccc(C2(c3cccc(C)c3)C[C@@H]2C(=O)NN=C/C=C\c2ccccc2)c1. The van der Waals surface area contributed by atoms with Gasteiger partial charge in [0.05, 0.1) is 5.92 Å². The van der Waals surface area contributed by atoms with E-state index < -0.39 is 0 Å². The van der Waals surface area contributed by atoms with Crippen LogP contribution < -0.4 is 5.43 Å². The number of amides is 1. The van der Waals surface area contributed by atoms with Crippen LogP contribution in [0.5, 0.6) is 0 Å². The molecule has 1 N–H and O–H groups in total. The number of nitrogens with one attached hydrogen (secondary N) is 1. The highest BCUT2D eigenvalue weighted by atomic mass is 16.2. The Morgan fingerprint density at radius 3 is 2.17 bits per heavy atom. The predicted molar refractivity (Wildman–Crippen MR) is 123 cm³/mol. The van der Waals surface area contributed by atoms with Gasteiger partial charge >= 0.3 is 0 Å². The number of hydrogen-bond acceptors (Lipinski definition) is 2. The molecule has 0 radical (unpaired) electrons. The zero-order chi connectivity index (χ0) is 21.0. The van der Waals surface area contributed by atoms with Gasteiger partial charge < -0.3 is 0 Å². The number of hydrogen-bond donors (Lipinski definition) is 1. The molecule has 0 aliphatic heterocycles. The Kier molecular flexibility index (Phi) is 5.62. The Morgan fingerprint density at radius 1 is 0.933 bits per heavy atom. The fourth-order valence-electron chi connectivity index (χ4n) is 4.17. The molecule has 0 unspecified atom stereocenters. The highest BCUT2D eigenvalue weighted by Crippen LogP contribution is 2.59. The summed E-state index contributed by atoms with van der Waals surface area (Å²) in [5.74, 6) is -0.168. The van der Waals surface area contributed by atoms with E-state index in [4.69, 9.17) is 0 Å². The quantitative estimate of drug-likeness (QED) is 0.440. The molecule has 3 nitrogen and oxygen atoms in total. The molecule has 1 aliphatic carbocycles. The number of carbonyl (C=O) groups excluding carboxylic acids is 1. The first-order valence-corrected chi connectivity index (χ1v) is 10.3. The number of hydrazone groups is 1. The first-order chi connectivity index (χ1) is 14.6. The fourth-order valence-corrected chi connectivity index (χ4v) is 4.17. The molecule has 30 heavy (non-hydrogen) atoms. The van der Waals surface area contributed by atoms with Crippen molar-refractivity contribution in [2.75, 3.05) is 0 Å². The zero-order valence-corrected chi connectivity index (χ0v) is 17.4. The largest absolute Gasteiger partial charge is 0.273 e. The lowest BCUT2D eigenvalue weighted by Gasteiger charge is -2.19. The monoisotopic (exact) mass is 394 g/mol. The van der Waals surface area contributed by atoms with Crippen molar-refractivity contribution in [3.05, 3.63) is 113 Å². The molecule has 0 aromatic heterocycles. The van der Waals surface area contributed by atoms with E-state index in [0.29, 0.717) is 0 Å². The maximum Gasteiger partial charge on any atom is 0.244 e. The molecule has 1 amide bonds. The van der Waals surface area contributed by atoms with Crippen LogP contribution in [-0.2, 0) is 10.2 Å². The third-order valence-electron chi connectivity index (χ3n) is 5.77. The summed E-state index contributed by atoms with van der Waals surface area (Å²) >= 11 is 0. The Labute approximate surface area is 178 Å². The molecule has 4 rings (SSSR count). The predicted octanol–water partition coefficient (Wildman–Crippen LogP) is 5.42. The topological polar surface area (TPSA) is 41.5 Å². The summed E-state index contributed by atoms with van der Waals surface area (Å²) in [4.78, 5) is 12.9. The number of rotatable bonds is 6. The van der Waals surface area contributed by atoms with Gasteiger partial charge in [0.1, 0.15) is 0 Å². The van der Waals surface area contributed by atoms with E-state index in [9.17, 15) is 4.79 Å². The van der Waals surface area contributed by atoms with E-state index in [1.54, 1.807) is 6.21 Å². The van der Waals surface area contributed by atoms with Crippen molar-refractivity contribution in [2.24, 2.45) is 11.0 Å². The van der Waals surface area contributed by atoms with Crippen molar-refractivity contribution < 1.29 is 4.79 Å². The second-order valence-corrected chi connectivity index (χ2v) is 7.99. The van der Waals surface area contributed by atoms with Gasteiger partial charge in [0.25, 0.3) is 0 Å². The highest BCUT2D eigenvalue weighted by Gasteiger charge is 2.60. The lowest BCUT2D eigenvalue weighted by molar-refractivity contribution is -0.122. The lowest BCUT2D eigenvalue weighted by Crippen LogP contribution is -2.25. The van der Waals surface area contributed by atoms with Crippen LogP contribution >= 0.6 is 0 Å².